The standard InChI is InChI=1S/C15H32N2/c1-12-9-16-14(3)7-8-17(10-12)11-13(2)15(4,5)6/h12-14,16H,7-11H2,1-6H3. The van der Waals surface area contributed by atoms with Crippen molar-refractivity contribution in [2.75, 3.05) is 26.2 Å². The van der Waals surface area contributed by atoms with Crippen molar-refractivity contribution in [3.63, 3.8) is 0 Å². The summed E-state index contributed by atoms with van der Waals surface area (Å²) in [6.45, 7) is 19.1. The highest BCUT2D eigenvalue weighted by Crippen LogP contribution is 2.26. The molecule has 0 saturated carbocycles. The van der Waals surface area contributed by atoms with Crippen molar-refractivity contribution in [1.29, 1.82) is 0 Å². The second-order valence-corrected chi connectivity index (χ2v) is 7.23. The SMILES string of the molecule is CC1CNC(C)CCN(CC(C)C(C)(C)C)C1. The Bertz CT molecular complexity index is 219. The van der Waals surface area contributed by atoms with E-state index in [1.165, 1.54) is 32.6 Å². The normalized spacial score (nSPS) is 30.7. The van der Waals surface area contributed by atoms with E-state index >= 15 is 0 Å². The second kappa shape index (κ2) is 6.19. The van der Waals surface area contributed by atoms with Crippen LogP contribution < -0.4 is 5.32 Å². The lowest BCUT2D eigenvalue weighted by Gasteiger charge is -2.36. The first-order chi connectivity index (χ1) is 7.79. The van der Waals surface area contributed by atoms with E-state index in [1.54, 1.807) is 0 Å². The molecule has 1 rings (SSSR count). The molecule has 2 nitrogen and oxygen atoms in total. The Morgan fingerprint density at radius 3 is 2.53 bits per heavy atom. The predicted molar refractivity (Wildman–Crippen MR) is 76.3 cm³/mol. The van der Waals surface area contributed by atoms with E-state index in [1.807, 2.05) is 0 Å². The maximum atomic E-state index is 3.61. The number of nitrogens with zero attached hydrogens (tertiary/aromatic N) is 1. The van der Waals surface area contributed by atoms with Crippen molar-refractivity contribution < 1.29 is 0 Å². The number of rotatable bonds is 2. The topological polar surface area (TPSA) is 15.3 Å². The molecular formula is C15H32N2. The average molecular weight is 240 g/mol. The first-order valence-electron chi connectivity index (χ1n) is 7.24. The van der Waals surface area contributed by atoms with Crippen LogP contribution in [0.2, 0.25) is 0 Å². The molecule has 0 spiro atoms. The van der Waals surface area contributed by atoms with E-state index in [0.717, 1.165) is 11.8 Å². The van der Waals surface area contributed by atoms with Crippen LogP contribution in [0.5, 0.6) is 0 Å². The van der Waals surface area contributed by atoms with E-state index in [0.29, 0.717) is 11.5 Å². The van der Waals surface area contributed by atoms with Crippen molar-refractivity contribution in [2.24, 2.45) is 17.3 Å². The molecule has 0 bridgehead atoms. The Balaban J connectivity index is 2.50. The summed E-state index contributed by atoms with van der Waals surface area (Å²) in [6, 6.07) is 0.671. The van der Waals surface area contributed by atoms with E-state index in [2.05, 4.69) is 51.8 Å². The molecule has 0 amide bonds. The second-order valence-electron chi connectivity index (χ2n) is 7.23. The van der Waals surface area contributed by atoms with E-state index < -0.39 is 0 Å². The first kappa shape index (κ1) is 15.0. The fourth-order valence-corrected chi connectivity index (χ4v) is 2.30. The van der Waals surface area contributed by atoms with E-state index in [-0.39, 0.29) is 0 Å². The van der Waals surface area contributed by atoms with Crippen LogP contribution in [0.3, 0.4) is 0 Å². The third-order valence-electron chi connectivity index (χ3n) is 4.27. The van der Waals surface area contributed by atoms with Gasteiger partial charge in [-0.15, -0.1) is 0 Å². The van der Waals surface area contributed by atoms with Gasteiger partial charge in [0.2, 0.25) is 0 Å². The molecule has 17 heavy (non-hydrogen) atoms. The molecule has 2 heteroatoms. The monoisotopic (exact) mass is 240 g/mol. The van der Waals surface area contributed by atoms with Crippen LogP contribution >= 0.6 is 0 Å². The quantitative estimate of drug-likeness (QED) is 0.798. The molecule has 1 N–H and O–H groups in total. The molecule has 1 aliphatic rings. The van der Waals surface area contributed by atoms with Gasteiger partial charge in [-0.3, -0.25) is 0 Å². The highest BCUT2D eigenvalue weighted by molar-refractivity contribution is 4.78. The van der Waals surface area contributed by atoms with Crippen LogP contribution in [-0.4, -0.2) is 37.1 Å². The van der Waals surface area contributed by atoms with E-state index in [4.69, 9.17) is 0 Å². The summed E-state index contributed by atoms with van der Waals surface area (Å²) in [4.78, 5) is 2.68. The van der Waals surface area contributed by atoms with Crippen molar-refractivity contribution in [3.8, 4) is 0 Å². The van der Waals surface area contributed by atoms with Crippen molar-refractivity contribution in [3.05, 3.63) is 0 Å². The van der Waals surface area contributed by atoms with Crippen molar-refractivity contribution >= 4 is 0 Å². The maximum Gasteiger partial charge on any atom is 0.00510 e. The number of hydrogen-bond acceptors (Lipinski definition) is 2. The Hall–Kier alpha value is -0.0800. The summed E-state index contributed by atoms with van der Waals surface area (Å²) in [7, 11) is 0. The molecule has 102 valence electrons. The molecule has 1 aliphatic heterocycles. The van der Waals surface area contributed by atoms with Gasteiger partial charge in [0.25, 0.3) is 0 Å². The van der Waals surface area contributed by atoms with Gasteiger partial charge in [-0.2, -0.15) is 0 Å². The minimum atomic E-state index is 0.426. The molecule has 0 aromatic carbocycles. The van der Waals surface area contributed by atoms with Crippen LogP contribution in [0.1, 0.15) is 48.0 Å². The summed E-state index contributed by atoms with van der Waals surface area (Å²) in [5, 5.41) is 3.61. The highest BCUT2D eigenvalue weighted by Gasteiger charge is 2.24. The Morgan fingerprint density at radius 1 is 1.29 bits per heavy atom. The fraction of sp³-hybridized carbons (Fsp3) is 1.00. The zero-order chi connectivity index (χ0) is 13.1. The molecule has 1 saturated heterocycles. The Kier molecular flexibility index (Phi) is 5.46. The summed E-state index contributed by atoms with van der Waals surface area (Å²) in [6.07, 6.45) is 1.28. The lowest BCUT2D eigenvalue weighted by Crippen LogP contribution is -2.44. The van der Waals surface area contributed by atoms with Gasteiger partial charge in [-0.1, -0.05) is 34.6 Å². The zero-order valence-corrected chi connectivity index (χ0v) is 12.7. The third-order valence-corrected chi connectivity index (χ3v) is 4.27. The van der Waals surface area contributed by atoms with Gasteiger partial charge in [0, 0.05) is 19.1 Å². The van der Waals surface area contributed by atoms with Crippen LogP contribution in [-0.2, 0) is 0 Å². The average Bonchev–Trinajstić information content (AvgIpc) is 2.19. The highest BCUT2D eigenvalue weighted by atomic mass is 15.1. The minimum Gasteiger partial charge on any atom is -0.314 e. The van der Waals surface area contributed by atoms with Crippen LogP contribution in [0.25, 0.3) is 0 Å². The van der Waals surface area contributed by atoms with Gasteiger partial charge in [0.1, 0.15) is 0 Å². The molecular weight excluding hydrogens is 208 g/mol. The number of nitrogens with one attached hydrogen (secondary N) is 1. The summed E-state index contributed by atoms with van der Waals surface area (Å²) < 4.78 is 0. The minimum absolute atomic E-state index is 0.426. The van der Waals surface area contributed by atoms with Gasteiger partial charge >= 0.3 is 0 Å². The molecule has 0 aromatic rings. The first-order valence-corrected chi connectivity index (χ1v) is 7.24. The lowest BCUT2D eigenvalue weighted by atomic mass is 9.81. The van der Waals surface area contributed by atoms with Crippen LogP contribution in [0, 0.1) is 17.3 Å². The van der Waals surface area contributed by atoms with Gasteiger partial charge in [0.15, 0.2) is 0 Å². The molecule has 3 atom stereocenters. The van der Waals surface area contributed by atoms with Crippen LogP contribution in [0.15, 0.2) is 0 Å². The van der Waals surface area contributed by atoms with Crippen LogP contribution in [0.4, 0.5) is 0 Å². The molecule has 1 fully saturated rings. The lowest BCUT2D eigenvalue weighted by molar-refractivity contribution is 0.133. The zero-order valence-electron chi connectivity index (χ0n) is 12.7. The van der Waals surface area contributed by atoms with Crippen molar-refractivity contribution in [2.45, 2.75) is 54.0 Å². The number of hydrogen-bond donors (Lipinski definition) is 1. The summed E-state index contributed by atoms with van der Waals surface area (Å²) >= 11 is 0. The summed E-state index contributed by atoms with van der Waals surface area (Å²) in [5.41, 5.74) is 0.426. The maximum absolute atomic E-state index is 3.61. The van der Waals surface area contributed by atoms with Gasteiger partial charge < -0.3 is 10.2 Å². The molecule has 3 unspecified atom stereocenters. The smallest absolute Gasteiger partial charge is 0.00510 e. The summed E-state index contributed by atoms with van der Waals surface area (Å²) in [5.74, 6) is 1.53. The Morgan fingerprint density at radius 2 is 1.94 bits per heavy atom. The van der Waals surface area contributed by atoms with Crippen molar-refractivity contribution in [1.82, 2.24) is 10.2 Å². The fourth-order valence-electron chi connectivity index (χ4n) is 2.30. The molecule has 0 aromatic heterocycles. The van der Waals surface area contributed by atoms with Gasteiger partial charge in [0.05, 0.1) is 0 Å². The molecule has 0 aliphatic carbocycles. The third kappa shape index (κ3) is 5.39. The predicted octanol–water partition coefficient (Wildman–Crippen LogP) is 2.99. The molecule has 0 radical (unpaired) electrons. The van der Waals surface area contributed by atoms with Gasteiger partial charge in [-0.05, 0) is 43.7 Å². The van der Waals surface area contributed by atoms with Gasteiger partial charge in [-0.25, -0.2) is 0 Å². The Labute approximate surface area is 108 Å². The largest absolute Gasteiger partial charge is 0.314 e. The van der Waals surface area contributed by atoms with E-state index in [9.17, 15) is 0 Å². The molecule has 1 heterocycles.